The van der Waals surface area contributed by atoms with Crippen LogP contribution in [-0.2, 0) is 27.3 Å². The zero-order valence-electron chi connectivity index (χ0n) is 4.66. The van der Waals surface area contributed by atoms with E-state index in [2.05, 4.69) is 4.89 Å². The Bertz CT molecular complexity index is 39.4. The maximum Gasteiger partial charge on any atom is 1.00 e. The Morgan fingerprint density at radius 2 is 1.43 bits per heavy atom. The molecule has 1 N–H and O–H groups in total. The van der Waals surface area contributed by atoms with Gasteiger partial charge in [-0.3, -0.25) is 5.26 Å². The van der Waals surface area contributed by atoms with Gasteiger partial charge in [0.2, 0.25) is 0 Å². The molecular weight excluding hydrogens is 188 g/mol. The molecule has 0 aliphatic heterocycles. The fourth-order valence-electron chi connectivity index (χ4n) is 0. The van der Waals surface area contributed by atoms with Crippen LogP contribution in [0.4, 0.5) is 0 Å². The average Bonchev–Trinajstić information content (AvgIpc) is 1.35. The molecule has 0 spiro atoms. The van der Waals surface area contributed by atoms with Crippen LogP contribution < -0.4 is 0 Å². The van der Waals surface area contributed by atoms with E-state index in [4.69, 9.17) is 5.26 Å². The van der Waals surface area contributed by atoms with Crippen molar-refractivity contribution in [1.82, 2.24) is 0 Å². The van der Waals surface area contributed by atoms with Crippen molar-refractivity contribution in [2.24, 2.45) is 0 Å². The Balaban J connectivity index is 0. The predicted octanol–water partition coefficient (Wildman–Crippen LogP) is 1.27. The molecule has 0 rings (SSSR count). The van der Waals surface area contributed by atoms with Crippen molar-refractivity contribution >= 4 is 0 Å². The van der Waals surface area contributed by atoms with Gasteiger partial charge in [0.1, 0.15) is 0 Å². The van der Waals surface area contributed by atoms with Gasteiger partial charge in [0.25, 0.3) is 0 Å². The van der Waals surface area contributed by atoms with E-state index in [0.717, 1.165) is 0 Å². The zero-order chi connectivity index (χ0) is 5.21. The minimum Gasteiger partial charge on any atom is -0.251 e. The quantitative estimate of drug-likeness (QED) is 0.360. The molecule has 0 aromatic rings. The molecule has 0 radical (unpaired) electrons. The Hall–Kier alpha value is 0.660. The van der Waals surface area contributed by atoms with Gasteiger partial charge in [-0.25, -0.2) is 4.89 Å². The number of hydrogen-bond acceptors (Lipinski definition) is 2. The van der Waals surface area contributed by atoms with Gasteiger partial charge in [0.15, 0.2) is 0 Å². The Morgan fingerprint density at radius 3 is 1.43 bits per heavy atom. The van der Waals surface area contributed by atoms with E-state index >= 15 is 0 Å². The summed E-state index contributed by atoms with van der Waals surface area (Å²) in [6, 6.07) is 0. The summed E-state index contributed by atoms with van der Waals surface area (Å²) in [5.74, 6) is 0. The molecule has 0 aliphatic rings. The molecule has 0 bridgehead atoms. The number of hydrogen-bond donors (Lipinski definition) is 1. The van der Waals surface area contributed by atoms with Crippen LogP contribution in [-0.4, -0.2) is 10.9 Å². The van der Waals surface area contributed by atoms with Gasteiger partial charge in [-0.2, -0.15) is 0 Å². The molecule has 0 aromatic heterocycles. The van der Waals surface area contributed by atoms with E-state index in [1.807, 2.05) is 0 Å². The first-order valence-corrected chi connectivity index (χ1v) is 1.89. The molecular formula is C4H10AgO2+. The van der Waals surface area contributed by atoms with Gasteiger partial charge in [-0.15, -0.1) is 0 Å². The largest absolute Gasteiger partial charge is 1.00 e. The third kappa shape index (κ3) is 10.8. The standard InChI is InChI=1S/C4H10O2.Ag/c1-4(2,3)6-5;/h5H,1-3H3;/q;+1. The fraction of sp³-hybridized carbons (Fsp3) is 1.00. The minimum atomic E-state index is -0.403. The fourth-order valence-corrected chi connectivity index (χ4v) is 0. The van der Waals surface area contributed by atoms with Crippen LogP contribution in [0.1, 0.15) is 20.8 Å². The molecule has 0 unspecified atom stereocenters. The first-order valence-electron chi connectivity index (χ1n) is 1.89. The molecule has 0 heterocycles. The predicted molar refractivity (Wildman–Crippen MR) is 23.5 cm³/mol. The maximum absolute atomic E-state index is 7.90. The van der Waals surface area contributed by atoms with E-state index in [-0.39, 0.29) is 22.4 Å². The summed E-state index contributed by atoms with van der Waals surface area (Å²) in [5, 5.41) is 7.90. The molecule has 0 amide bonds. The van der Waals surface area contributed by atoms with E-state index < -0.39 is 5.60 Å². The second kappa shape index (κ2) is 3.64. The van der Waals surface area contributed by atoms with Crippen molar-refractivity contribution in [3.05, 3.63) is 0 Å². The molecule has 0 saturated heterocycles. The van der Waals surface area contributed by atoms with Crippen LogP contribution in [0.15, 0.2) is 0 Å². The van der Waals surface area contributed by atoms with Gasteiger partial charge in [0, 0.05) is 0 Å². The Kier molecular flexibility index (Phi) is 5.51. The van der Waals surface area contributed by atoms with Crippen LogP contribution in [0.3, 0.4) is 0 Å². The molecule has 0 aromatic carbocycles. The maximum atomic E-state index is 7.90. The summed E-state index contributed by atoms with van der Waals surface area (Å²) in [4.78, 5) is 3.94. The molecule has 0 saturated carbocycles. The van der Waals surface area contributed by atoms with Crippen molar-refractivity contribution in [1.29, 1.82) is 0 Å². The first kappa shape index (κ1) is 10.6. The van der Waals surface area contributed by atoms with Gasteiger partial charge in [-0.1, -0.05) is 0 Å². The van der Waals surface area contributed by atoms with Crippen LogP contribution in [0, 0.1) is 0 Å². The topological polar surface area (TPSA) is 29.5 Å². The SMILES string of the molecule is CC(C)(C)OO.[Ag+]. The molecule has 0 atom stereocenters. The molecule has 0 fully saturated rings. The van der Waals surface area contributed by atoms with E-state index in [0.29, 0.717) is 0 Å². The van der Waals surface area contributed by atoms with Crippen LogP contribution in [0.2, 0.25) is 0 Å². The van der Waals surface area contributed by atoms with E-state index in [1.165, 1.54) is 0 Å². The molecule has 2 nitrogen and oxygen atoms in total. The number of rotatable bonds is 0. The monoisotopic (exact) mass is 197 g/mol. The van der Waals surface area contributed by atoms with Gasteiger partial charge >= 0.3 is 22.4 Å². The van der Waals surface area contributed by atoms with Gasteiger partial charge in [-0.05, 0) is 20.8 Å². The molecule has 48 valence electrons. The zero-order valence-corrected chi connectivity index (χ0v) is 6.14. The minimum absolute atomic E-state index is 0. The first-order chi connectivity index (χ1) is 2.56. The van der Waals surface area contributed by atoms with Crippen molar-refractivity contribution in [3.8, 4) is 0 Å². The Labute approximate surface area is 59.3 Å². The second-order valence-corrected chi connectivity index (χ2v) is 2.20. The average molecular weight is 198 g/mol. The third-order valence-electron chi connectivity index (χ3n) is 0.274. The van der Waals surface area contributed by atoms with Crippen molar-refractivity contribution in [2.45, 2.75) is 26.4 Å². The van der Waals surface area contributed by atoms with E-state index in [9.17, 15) is 0 Å². The second-order valence-electron chi connectivity index (χ2n) is 2.20. The summed E-state index contributed by atoms with van der Waals surface area (Å²) in [5.41, 5.74) is -0.403. The summed E-state index contributed by atoms with van der Waals surface area (Å²) >= 11 is 0. The van der Waals surface area contributed by atoms with Crippen LogP contribution in [0.5, 0.6) is 0 Å². The van der Waals surface area contributed by atoms with Crippen molar-refractivity contribution in [2.75, 3.05) is 0 Å². The molecule has 7 heavy (non-hydrogen) atoms. The molecule has 0 aliphatic carbocycles. The van der Waals surface area contributed by atoms with Crippen molar-refractivity contribution in [3.63, 3.8) is 0 Å². The smallest absolute Gasteiger partial charge is 0.251 e. The summed E-state index contributed by atoms with van der Waals surface area (Å²) < 4.78 is 0. The van der Waals surface area contributed by atoms with Crippen LogP contribution in [0.25, 0.3) is 0 Å². The van der Waals surface area contributed by atoms with Crippen molar-refractivity contribution < 1.29 is 32.5 Å². The van der Waals surface area contributed by atoms with E-state index in [1.54, 1.807) is 20.8 Å². The molecule has 3 heteroatoms. The Morgan fingerprint density at radius 1 is 1.29 bits per heavy atom. The normalized spacial score (nSPS) is 10.3. The summed E-state index contributed by atoms with van der Waals surface area (Å²) in [7, 11) is 0. The van der Waals surface area contributed by atoms with Crippen LogP contribution >= 0.6 is 0 Å². The van der Waals surface area contributed by atoms with Gasteiger partial charge in [0.05, 0.1) is 5.60 Å². The third-order valence-corrected chi connectivity index (χ3v) is 0.274. The summed E-state index contributed by atoms with van der Waals surface area (Å²) in [6.07, 6.45) is 0. The van der Waals surface area contributed by atoms with Gasteiger partial charge < -0.3 is 0 Å². The summed E-state index contributed by atoms with van der Waals surface area (Å²) in [6.45, 7) is 5.31.